The van der Waals surface area contributed by atoms with Crippen molar-refractivity contribution in [3.63, 3.8) is 0 Å². The fourth-order valence-electron chi connectivity index (χ4n) is 1.37. The van der Waals surface area contributed by atoms with Crippen molar-refractivity contribution in [2.75, 3.05) is 0 Å². The number of hydrogen-bond donors (Lipinski definition) is 1. The number of sulfonamides is 1. The minimum Gasteiger partial charge on any atom is -0.245 e. The molecule has 0 spiro atoms. The molecule has 0 saturated heterocycles. The number of nitrogens with zero attached hydrogens (tertiary/aromatic N) is 1. The first-order chi connectivity index (χ1) is 8.88. The third-order valence-electron chi connectivity index (χ3n) is 2.28. The van der Waals surface area contributed by atoms with Crippen molar-refractivity contribution in [1.82, 2.24) is 9.71 Å². The summed E-state index contributed by atoms with van der Waals surface area (Å²) < 4.78 is 27.2. The fourth-order valence-corrected chi connectivity index (χ4v) is 3.83. The summed E-state index contributed by atoms with van der Waals surface area (Å²) in [5.41, 5.74) is 0.883. The van der Waals surface area contributed by atoms with Gasteiger partial charge >= 0.3 is 0 Å². The first-order valence-electron chi connectivity index (χ1n) is 5.24. The fraction of sp³-hybridized carbons (Fsp3) is 0.182. The molecule has 0 amide bonds. The van der Waals surface area contributed by atoms with Crippen LogP contribution in [0.2, 0.25) is 5.02 Å². The Bertz CT molecular complexity index is 700. The summed E-state index contributed by atoms with van der Waals surface area (Å²) in [4.78, 5) is 4.36. The van der Waals surface area contributed by atoms with Gasteiger partial charge in [-0.1, -0.05) is 11.6 Å². The lowest BCUT2D eigenvalue weighted by Gasteiger charge is -2.06. The second-order valence-electron chi connectivity index (χ2n) is 3.78. The van der Waals surface area contributed by atoms with E-state index in [0.29, 0.717) is 9.50 Å². The van der Waals surface area contributed by atoms with Gasteiger partial charge in [0, 0.05) is 15.5 Å². The molecule has 8 heteroatoms. The lowest BCUT2D eigenvalue weighted by Crippen LogP contribution is -2.23. The molecule has 1 heterocycles. The number of rotatable bonds is 4. The van der Waals surface area contributed by atoms with Crippen LogP contribution in [-0.4, -0.2) is 13.4 Å². The average molecular weight is 382 g/mol. The molecule has 4 nitrogen and oxygen atoms in total. The van der Waals surface area contributed by atoms with Crippen LogP contribution in [0.5, 0.6) is 0 Å². The van der Waals surface area contributed by atoms with E-state index in [1.54, 1.807) is 0 Å². The molecule has 1 N–H and O–H groups in total. The van der Waals surface area contributed by atoms with Gasteiger partial charge in [0.1, 0.15) is 5.01 Å². The molecule has 102 valence electrons. The minimum atomic E-state index is -3.56. The van der Waals surface area contributed by atoms with Crippen molar-refractivity contribution >= 4 is 48.9 Å². The van der Waals surface area contributed by atoms with Gasteiger partial charge in [-0.2, -0.15) is 0 Å². The number of aryl methyl sites for hydroxylation is 1. The SMILES string of the molecule is Cc1csc(CNS(=O)(=O)c2ccc(Cl)c(Br)c2)n1. The van der Waals surface area contributed by atoms with Crippen LogP contribution in [0, 0.1) is 6.92 Å². The van der Waals surface area contributed by atoms with E-state index in [1.165, 1.54) is 29.5 Å². The molecule has 0 aliphatic carbocycles. The number of nitrogens with one attached hydrogen (secondary N) is 1. The van der Waals surface area contributed by atoms with Crippen molar-refractivity contribution in [3.8, 4) is 0 Å². The smallest absolute Gasteiger partial charge is 0.240 e. The maximum Gasteiger partial charge on any atom is 0.240 e. The summed E-state index contributed by atoms with van der Waals surface area (Å²) in [7, 11) is -3.56. The standard InChI is InChI=1S/C11H10BrClN2O2S2/c1-7-6-18-11(15-7)5-14-19(16,17)8-2-3-10(13)9(12)4-8/h2-4,6,14H,5H2,1H3. The van der Waals surface area contributed by atoms with Crippen LogP contribution in [0.3, 0.4) is 0 Å². The van der Waals surface area contributed by atoms with Gasteiger partial charge in [0.15, 0.2) is 0 Å². The number of hydrogen-bond acceptors (Lipinski definition) is 4. The predicted molar refractivity (Wildman–Crippen MR) is 80.0 cm³/mol. The molecule has 0 bridgehead atoms. The Hall–Kier alpha value is -0.470. The average Bonchev–Trinajstić information content (AvgIpc) is 2.76. The van der Waals surface area contributed by atoms with Crippen molar-refractivity contribution in [1.29, 1.82) is 0 Å². The highest BCUT2D eigenvalue weighted by molar-refractivity contribution is 9.10. The van der Waals surface area contributed by atoms with Crippen LogP contribution < -0.4 is 4.72 Å². The summed E-state index contributed by atoms with van der Waals surface area (Å²) in [5.74, 6) is 0. The van der Waals surface area contributed by atoms with E-state index in [1.807, 2.05) is 12.3 Å². The Kier molecular flexibility index (Phi) is 4.62. The monoisotopic (exact) mass is 380 g/mol. The molecule has 1 aromatic heterocycles. The van der Waals surface area contributed by atoms with E-state index in [2.05, 4.69) is 25.6 Å². The zero-order valence-electron chi connectivity index (χ0n) is 9.85. The number of thiazole rings is 1. The summed E-state index contributed by atoms with van der Waals surface area (Å²) in [6, 6.07) is 4.47. The molecule has 1 aromatic carbocycles. The molecule has 0 fully saturated rings. The maximum absolute atomic E-state index is 12.1. The summed E-state index contributed by atoms with van der Waals surface area (Å²) in [6.45, 7) is 2.05. The van der Waals surface area contributed by atoms with Crippen LogP contribution in [-0.2, 0) is 16.6 Å². The van der Waals surface area contributed by atoms with Gasteiger partial charge in [-0.3, -0.25) is 0 Å². The van der Waals surface area contributed by atoms with Crippen molar-refractivity contribution in [2.24, 2.45) is 0 Å². The molecule has 19 heavy (non-hydrogen) atoms. The molecule has 0 radical (unpaired) electrons. The van der Waals surface area contributed by atoms with Crippen LogP contribution in [0.4, 0.5) is 0 Å². The summed E-state index contributed by atoms with van der Waals surface area (Å²) in [6.07, 6.45) is 0. The third-order valence-corrected chi connectivity index (χ3v) is 5.86. The van der Waals surface area contributed by atoms with E-state index in [-0.39, 0.29) is 11.4 Å². The predicted octanol–water partition coefficient (Wildman–Crippen LogP) is 3.35. The van der Waals surface area contributed by atoms with Gasteiger partial charge in [0.25, 0.3) is 0 Å². The largest absolute Gasteiger partial charge is 0.245 e. The molecule has 0 aliphatic rings. The highest BCUT2D eigenvalue weighted by Crippen LogP contribution is 2.25. The van der Waals surface area contributed by atoms with Crippen LogP contribution in [0.1, 0.15) is 10.7 Å². The van der Waals surface area contributed by atoms with Gasteiger partial charge in [-0.15, -0.1) is 11.3 Å². The maximum atomic E-state index is 12.1. The highest BCUT2D eigenvalue weighted by Gasteiger charge is 2.15. The number of aromatic nitrogens is 1. The molecule has 0 saturated carbocycles. The van der Waals surface area contributed by atoms with Gasteiger partial charge in [-0.25, -0.2) is 18.1 Å². The van der Waals surface area contributed by atoms with Crippen LogP contribution >= 0.6 is 38.9 Å². The molecule has 2 aromatic rings. The van der Waals surface area contributed by atoms with Crippen molar-refractivity contribution in [2.45, 2.75) is 18.4 Å². The van der Waals surface area contributed by atoms with Gasteiger partial charge in [-0.05, 0) is 41.1 Å². The normalized spacial score (nSPS) is 11.7. The quantitative estimate of drug-likeness (QED) is 0.883. The Morgan fingerprint density at radius 3 is 2.79 bits per heavy atom. The Morgan fingerprint density at radius 2 is 2.21 bits per heavy atom. The zero-order chi connectivity index (χ0) is 14.0. The lowest BCUT2D eigenvalue weighted by atomic mass is 10.4. The number of benzene rings is 1. The lowest BCUT2D eigenvalue weighted by molar-refractivity contribution is 0.581. The van der Waals surface area contributed by atoms with E-state index >= 15 is 0 Å². The molecule has 2 rings (SSSR count). The highest BCUT2D eigenvalue weighted by atomic mass is 79.9. The molecule has 0 atom stereocenters. The summed E-state index contributed by atoms with van der Waals surface area (Å²) >= 11 is 10.5. The first kappa shape index (κ1) is 14.9. The molecule has 0 unspecified atom stereocenters. The minimum absolute atomic E-state index is 0.164. The molecular formula is C11H10BrClN2O2S2. The second-order valence-corrected chi connectivity index (χ2v) is 7.75. The zero-order valence-corrected chi connectivity index (χ0v) is 13.8. The molecule has 0 aliphatic heterocycles. The molecular weight excluding hydrogens is 372 g/mol. The van der Waals surface area contributed by atoms with Gasteiger partial charge in [0.2, 0.25) is 10.0 Å². The van der Waals surface area contributed by atoms with E-state index in [0.717, 1.165) is 10.7 Å². The van der Waals surface area contributed by atoms with Crippen molar-refractivity contribution in [3.05, 3.63) is 43.8 Å². The Balaban J connectivity index is 2.16. The van der Waals surface area contributed by atoms with E-state index < -0.39 is 10.0 Å². The van der Waals surface area contributed by atoms with E-state index in [4.69, 9.17) is 11.6 Å². The van der Waals surface area contributed by atoms with E-state index in [9.17, 15) is 8.42 Å². The third kappa shape index (κ3) is 3.76. The summed E-state index contributed by atoms with van der Waals surface area (Å²) in [5, 5.41) is 3.08. The van der Waals surface area contributed by atoms with Gasteiger partial charge < -0.3 is 0 Å². The van der Waals surface area contributed by atoms with Gasteiger partial charge in [0.05, 0.1) is 16.5 Å². The Morgan fingerprint density at radius 1 is 1.47 bits per heavy atom. The topological polar surface area (TPSA) is 59.1 Å². The Labute approximate surface area is 129 Å². The first-order valence-corrected chi connectivity index (χ1v) is 8.77. The van der Waals surface area contributed by atoms with Crippen LogP contribution in [0.15, 0.2) is 32.9 Å². The number of halogens is 2. The second kappa shape index (κ2) is 5.88. The van der Waals surface area contributed by atoms with Crippen molar-refractivity contribution < 1.29 is 8.42 Å². The van der Waals surface area contributed by atoms with Crippen LogP contribution in [0.25, 0.3) is 0 Å².